The van der Waals surface area contributed by atoms with Crippen LogP contribution in [0.5, 0.6) is 0 Å². The fourth-order valence-electron chi connectivity index (χ4n) is 2.84. The third kappa shape index (κ3) is 5.78. The lowest BCUT2D eigenvalue weighted by molar-refractivity contribution is 0.249. The number of urea groups is 1. The zero-order valence-electron chi connectivity index (χ0n) is 15.2. The molecule has 2 N–H and O–H groups in total. The summed E-state index contributed by atoms with van der Waals surface area (Å²) < 4.78 is 38.4. The summed E-state index contributed by atoms with van der Waals surface area (Å²) >= 11 is 0. The number of hydrogen-bond acceptors (Lipinski definition) is 4. The maximum absolute atomic E-state index is 12.9. The number of anilines is 1. The summed E-state index contributed by atoms with van der Waals surface area (Å²) in [4.78, 5) is 12.3. The van der Waals surface area contributed by atoms with Crippen LogP contribution in [-0.4, -0.2) is 54.1 Å². The molecule has 1 aromatic carbocycles. The number of sulfonamides is 1. The van der Waals surface area contributed by atoms with Gasteiger partial charge < -0.3 is 10.6 Å². The smallest absolute Gasteiger partial charge is 0.319 e. The number of para-hydroxylation sites is 1. The van der Waals surface area contributed by atoms with Gasteiger partial charge in [-0.15, -0.1) is 0 Å². The van der Waals surface area contributed by atoms with Crippen molar-refractivity contribution in [2.45, 2.75) is 43.5 Å². The number of carbonyl (C=O) groups is 1. The van der Waals surface area contributed by atoms with E-state index in [2.05, 4.69) is 10.6 Å². The summed E-state index contributed by atoms with van der Waals surface area (Å²) in [5, 5.41) is 5.39. The standard InChI is InChI=1S/C17H27N3O4S2/c1-14(10-13-25(2)22)18-17(21)19-15-8-4-5-9-16(15)26(23,24)20-11-6-3-7-12-20/h4-5,8-9,14H,3,6-7,10-13H2,1-2H3,(H2,18,19,21)/t14-,25+/m0/s1. The van der Waals surface area contributed by atoms with Gasteiger partial charge in [-0.2, -0.15) is 4.31 Å². The number of amides is 2. The third-order valence-corrected chi connectivity index (χ3v) is 7.05. The summed E-state index contributed by atoms with van der Waals surface area (Å²) in [7, 11) is -4.55. The van der Waals surface area contributed by atoms with Gasteiger partial charge in [0.25, 0.3) is 0 Å². The molecular weight excluding hydrogens is 374 g/mol. The molecular formula is C17H27N3O4S2. The molecule has 0 saturated carbocycles. The molecule has 0 spiro atoms. The first kappa shape index (κ1) is 20.9. The molecule has 0 aliphatic carbocycles. The highest BCUT2D eigenvalue weighted by atomic mass is 32.2. The van der Waals surface area contributed by atoms with E-state index in [9.17, 15) is 17.4 Å². The first-order valence-corrected chi connectivity index (χ1v) is 11.9. The maximum Gasteiger partial charge on any atom is 0.319 e. The van der Waals surface area contributed by atoms with Crippen LogP contribution in [0.25, 0.3) is 0 Å². The van der Waals surface area contributed by atoms with Gasteiger partial charge >= 0.3 is 6.03 Å². The molecule has 2 rings (SSSR count). The fraction of sp³-hybridized carbons (Fsp3) is 0.588. The second kappa shape index (κ2) is 9.48. The lowest BCUT2D eigenvalue weighted by atomic mass is 10.2. The van der Waals surface area contributed by atoms with Gasteiger partial charge in [-0.3, -0.25) is 4.21 Å². The summed E-state index contributed by atoms with van der Waals surface area (Å²) in [6.07, 6.45) is 4.95. The van der Waals surface area contributed by atoms with Gasteiger partial charge in [0.05, 0.1) is 5.69 Å². The number of nitrogens with one attached hydrogen (secondary N) is 2. The average Bonchev–Trinajstić information content (AvgIpc) is 2.61. The Labute approximate surface area is 158 Å². The van der Waals surface area contributed by atoms with E-state index in [1.165, 1.54) is 10.4 Å². The highest BCUT2D eigenvalue weighted by Gasteiger charge is 2.28. The zero-order chi connectivity index (χ0) is 19.2. The van der Waals surface area contributed by atoms with Crippen molar-refractivity contribution in [3.8, 4) is 0 Å². The molecule has 1 heterocycles. The quantitative estimate of drug-likeness (QED) is 0.732. The van der Waals surface area contributed by atoms with Crippen LogP contribution in [0.3, 0.4) is 0 Å². The monoisotopic (exact) mass is 401 g/mol. The van der Waals surface area contributed by atoms with Crippen molar-refractivity contribution in [2.24, 2.45) is 0 Å². The Morgan fingerprint density at radius 3 is 2.54 bits per heavy atom. The van der Waals surface area contributed by atoms with Crippen LogP contribution in [0, 0.1) is 0 Å². The molecule has 1 aliphatic rings. The molecule has 2 amide bonds. The van der Waals surface area contributed by atoms with Gasteiger partial charge in [0, 0.05) is 41.9 Å². The van der Waals surface area contributed by atoms with Gasteiger partial charge in [0.2, 0.25) is 10.0 Å². The Morgan fingerprint density at radius 1 is 1.23 bits per heavy atom. The Morgan fingerprint density at radius 2 is 1.88 bits per heavy atom. The molecule has 2 atom stereocenters. The van der Waals surface area contributed by atoms with Gasteiger partial charge in [0.1, 0.15) is 4.90 Å². The zero-order valence-corrected chi connectivity index (χ0v) is 16.9. The van der Waals surface area contributed by atoms with Gasteiger partial charge in [0.15, 0.2) is 0 Å². The van der Waals surface area contributed by atoms with Crippen LogP contribution in [-0.2, 0) is 20.8 Å². The molecule has 7 nitrogen and oxygen atoms in total. The van der Waals surface area contributed by atoms with Crippen molar-refractivity contribution in [1.29, 1.82) is 0 Å². The summed E-state index contributed by atoms with van der Waals surface area (Å²) in [5.74, 6) is 0.501. The van der Waals surface area contributed by atoms with E-state index in [-0.39, 0.29) is 16.6 Å². The van der Waals surface area contributed by atoms with Gasteiger partial charge in [-0.1, -0.05) is 18.6 Å². The molecule has 0 unspecified atom stereocenters. The molecule has 0 radical (unpaired) electrons. The van der Waals surface area contributed by atoms with Crippen molar-refractivity contribution < 1.29 is 17.4 Å². The van der Waals surface area contributed by atoms with Crippen LogP contribution < -0.4 is 10.6 Å². The van der Waals surface area contributed by atoms with Crippen molar-refractivity contribution in [1.82, 2.24) is 9.62 Å². The van der Waals surface area contributed by atoms with Gasteiger partial charge in [-0.25, -0.2) is 13.2 Å². The van der Waals surface area contributed by atoms with Crippen LogP contribution in [0.1, 0.15) is 32.6 Å². The van der Waals surface area contributed by atoms with E-state index < -0.39 is 26.9 Å². The molecule has 1 fully saturated rings. The Bertz CT molecular complexity index is 746. The molecule has 0 aromatic heterocycles. The second-order valence-corrected chi connectivity index (χ2v) is 9.99. The van der Waals surface area contributed by atoms with Crippen molar-refractivity contribution in [3.05, 3.63) is 24.3 Å². The number of rotatable bonds is 7. The molecule has 26 heavy (non-hydrogen) atoms. The largest absolute Gasteiger partial charge is 0.335 e. The topological polar surface area (TPSA) is 95.6 Å². The van der Waals surface area contributed by atoms with E-state index >= 15 is 0 Å². The normalized spacial score (nSPS) is 18.1. The molecule has 146 valence electrons. The third-order valence-electron chi connectivity index (χ3n) is 4.28. The summed E-state index contributed by atoms with van der Waals surface area (Å²) in [5.41, 5.74) is 0.266. The highest BCUT2D eigenvalue weighted by molar-refractivity contribution is 7.89. The first-order chi connectivity index (χ1) is 12.3. The van der Waals surface area contributed by atoms with E-state index in [1.807, 2.05) is 6.92 Å². The molecule has 1 aliphatic heterocycles. The SMILES string of the molecule is C[C@@H](CC[S@@](C)=O)NC(=O)Nc1ccccc1S(=O)(=O)N1CCCCC1. The van der Waals surface area contributed by atoms with Crippen LogP contribution in [0.2, 0.25) is 0 Å². The van der Waals surface area contributed by atoms with Crippen molar-refractivity contribution in [2.75, 3.05) is 30.4 Å². The molecule has 1 aromatic rings. The first-order valence-electron chi connectivity index (χ1n) is 8.77. The van der Waals surface area contributed by atoms with Crippen molar-refractivity contribution in [3.63, 3.8) is 0 Å². The minimum Gasteiger partial charge on any atom is -0.335 e. The number of carbonyl (C=O) groups excluding carboxylic acids is 1. The fourth-order valence-corrected chi connectivity index (χ4v) is 5.19. The number of benzene rings is 1. The molecule has 9 heteroatoms. The van der Waals surface area contributed by atoms with E-state index in [1.54, 1.807) is 24.5 Å². The van der Waals surface area contributed by atoms with E-state index in [0.29, 0.717) is 25.3 Å². The predicted octanol–water partition coefficient (Wildman–Crippen LogP) is 2.14. The maximum atomic E-state index is 12.9. The lowest BCUT2D eigenvalue weighted by Gasteiger charge is -2.27. The predicted molar refractivity (Wildman–Crippen MR) is 104 cm³/mol. The van der Waals surface area contributed by atoms with E-state index in [4.69, 9.17) is 0 Å². The Kier molecular flexibility index (Phi) is 7.60. The number of hydrogen-bond donors (Lipinski definition) is 2. The molecule has 0 bridgehead atoms. The van der Waals surface area contributed by atoms with Crippen molar-refractivity contribution >= 4 is 32.5 Å². The minimum absolute atomic E-state index is 0.111. The lowest BCUT2D eigenvalue weighted by Crippen LogP contribution is -2.38. The number of nitrogens with zero attached hydrogens (tertiary/aromatic N) is 1. The van der Waals surface area contributed by atoms with Crippen LogP contribution >= 0.6 is 0 Å². The number of piperidine rings is 1. The van der Waals surface area contributed by atoms with Crippen LogP contribution in [0.15, 0.2) is 29.2 Å². The minimum atomic E-state index is -3.64. The van der Waals surface area contributed by atoms with Gasteiger partial charge in [-0.05, 0) is 38.3 Å². The Hall–Kier alpha value is -1.45. The van der Waals surface area contributed by atoms with Crippen LogP contribution in [0.4, 0.5) is 10.5 Å². The van der Waals surface area contributed by atoms with E-state index in [0.717, 1.165) is 19.3 Å². The average molecular weight is 402 g/mol. The Balaban J connectivity index is 2.08. The summed E-state index contributed by atoms with van der Waals surface area (Å²) in [6, 6.07) is 5.81. The second-order valence-electron chi connectivity index (χ2n) is 6.53. The summed E-state index contributed by atoms with van der Waals surface area (Å²) in [6.45, 7) is 2.84. The molecule has 1 saturated heterocycles. The highest BCUT2D eigenvalue weighted by Crippen LogP contribution is 2.26.